The van der Waals surface area contributed by atoms with Crippen molar-refractivity contribution in [3.05, 3.63) is 59.9 Å². The normalized spacial score (nSPS) is 12.8. The lowest BCUT2D eigenvalue weighted by molar-refractivity contribution is -0.137. The fourth-order valence-electron chi connectivity index (χ4n) is 2.54. The molecule has 1 unspecified atom stereocenters. The average molecular weight is 391 g/mol. The molecule has 140 valence electrons. The molecule has 4 nitrogen and oxygen atoms in total. The Balaban J connectivity index is 1.82. The largest absolute Gasteiger partial charge is 0.418 e. The maximum Gasteiger partial charge on any atom is 0.418 e. The number of rotatable bonds is 4. The molecule has 0 aliphatic carbocycles. The van der Waals surface area contributed by atoms with Crippen molar-refractivity contribution in [2.75, 3.05) is 5.32 Å². The van der Waals surface area contributed by atoms with E-state index >= 15 is 0 Å². The molecule has 0 saturated carbocycles. The van der Waals surface area contributed by atoms with Gasteiger partial charge < -0.3 is 5.32 Å². The number of halogens is 3. The fourth-order valence-corrected chi connectivity index (χ4v) is 3.53. The Kier molecular flexibility index (Phi) is 5.36. The van der Waals surface area contributed by atoms with E-state index in [2.05, 4.69) is 15.3 Å². The van der Waals surface area contributed by atoms with Crippen molar-refractivity contribution in [2.24, 2.45) is 0 Å². The van der Waals surface area contributed by atoms with Crippen LogP contribution in [0.5, 0.6) is 0 Å². The smallest absolute Gasteiger partial charge is 0.325 e. The number of benzene rings is 2. The van der Waals surface area contributed by atoms with E-state index in [0.29, 0.717) is 10.9 Å². The summed E-state index contributed by atoms with van der Waals surface area (Å²) in [5.74, 6) is 0.0308. The molecule has 0 saturated heterocycles. The third-order valence-electron chi connectivity index (χ3n) is 3.83. The van der Waals surface area contributed by atoms with E-state index in [0.717, 1.165) is 17.0 Å². The number of amides is 1. The Labute approximate surface area is 158 Å². The molecule has 0 aliphatic rings. The highest BCUT2D eigenvalue weighted by Crippen LogP contribution is 2.35. The lowest BCUT2D eigenvalue weighted by atomic mass is 10.1. The van der Waals surface area contributed by atoms with Crippen LogP contribution in [0.1, 0.15) is 18.3 Å². The van der Waals surface area contributed by atoms with Crippen molar-refractivity contribution in [3.8, 4) is 0 Å². The number of nitrogens with one attached hydrogen (secondary N) is 1. The number of aromatic nitrogens is 2. The predicted octanol–water partition coefficient (Wildman–Crippen LogP) is 5.08. The van der Waals surface area contributed by atoms with Crippen molar-refractivity contribution >= 4 is 34.3 Å². The Morgan fingerprint density at radius 2 is 1.74 bits per heavy atom. The van der Waals surface area contributed by atoms with Crippen LogP contribution in [0.4, 0.5) is 18.9 Å². The minimum atomic E-state index is -4.54. The molecule has 8 heteroatoms. The number of carbonyl (C=O) groups is 1. The molecular weight excluding hydrogens is 375 g/mol. The molecule has 0 bridgehead atoms. The van der Waals surface area contributed by atoms with Gasteiger partial charge in [-0.25, -0.2) is 9.97 Å². The molecule has 0 spiro atoms. The minimum Gasteiger partial charge on any atom is -0.325 e. The minimum absolute atomic E-state index is 0.258. The van der Waals surface area contributed by atoms with Crippen LogP contribution in [0.25, 0.3) is 10.9 Å². The summed E-state index contributed by atoms with van der Waals surface area (Å²) < 4.78 is 39.3. The van der Waals surface area contributed by atoms with Crippen molar-refractivity contribution in [1.29, 1.82) is 0 Å². The van der Waals surface area contributed by atoms with Crippen LogP contribution in [0, 0.1) is 6.92 Å². The van der Waals surface area contributed by atoms with Gasteiger partial charge in [0, 0.05) is 5.39 Å². The molecule has 2 aromatic carbocycles. The molecule has 0 fully saturated rings. The van der Waals surface area contributed by atoms with Gasteiger partial charge in [-0.15, -0.1) is 0 Å². The summed E-state index contributed by atoms with van der Waals surface area (Å²) in [5.41, 5.74) is -0.382. The molecule has 27 heavy (non-hydrogen) atoms. The second kappa shape index (κ2) is 7.56. The van der Waals surface area contributed by atoms with Crippen LogP contribution < -0.4 is 5.32 Å². The lowest BCUT2D eigenvalue weighted by Crippen LogP contribution is -2.24. The van der Waals surface area contributed by atoms with E-state index in [4.69, 9.17) is 0 Å². The quantitative estimate of drug-likeness (QED) is 0.498. The summed E-state index contributed by atoms with van der Waals surface area (Å²) in [6.45, 7) is 3.38. The summed E-state index contributed by atoms with van der Waals surface area (Å²) in [6, 6.07) is 12.3. The zero-order valence-electron chi connectivity index (χ0n) is 14.5. The monoisotopic (exact) mass is 391 g/mol. The first kappa shape index (κ1) is 19.2. The number of hydrogen-bond acceptors (Lipinski definition) is 4. The van der Waals surface area contributed by atoms with Crippen LogP contribution in [0.3, 0.4) is 0 Å². The molecule has 1 aromatic heterocycles. The van der Waals surface area contributed by atoms with Gasteiger partial charge in [-0.3, -0.25) is 4.79 Å². The number of hydrogen-bond donors (Lipinski definition) is 1. The van der Waals surface area contributed by atoms with Gasteiger partial charge >= 0.3 is 6.18 Å². The zero-order valence-corrected chi connectivity index (χ0v) is 15.4. The van der Waals surface area contributed by atoms with Gasteiger partial charge in [0.1, 0.15) is 10.9 Å². The topological polar surface area (TPSA) is 54.9 Å². The summed E-state index contributed by atoms with van der Waals surface area (Å²) in [7, 11) is 0. The van der Waals surface area contributed by atoms with Crippen molar-refractivity contribution < 1.29 is 18.0 Å². The molecule has 1 N–H and O–H groups in total. The van der Waals surface area contributed by atoms with Crippen LogP contribution in [0.15, 0.2) is 53.6 Å². The van der Waals surface area contributed by atoms with E-state index < -0.39 is 22.9 Å². The van der Waals surface area contributed by atoms with Crippen molar-refractivity contribution in [1.82, 2.24) is 9.97 Å². The van der Waals surface area contributed by atoms with Crippen molar-refractivity contribution in [3.63, 3.8) is 0 Å². The van der Waals surface area contributed by atoms with Gasteiger partial charge in [-0.2, -0.15) is 13.2 Å². The Hall–Kier alpha value is -2.61. The van der Waals surface area contributed by atoms with Crippen LogP contribution in [0.2, 0.25) is 0 Å². The molecular formula is C19H16F3N3OS. The van der Waals surface area contributed by atoms with Gasteiger partial charge in [0.25, 0.3) is 0 Å². The summed E-state index contributed by atoms with van der Waals surface area (Å²) in [4.78, 5) is 21.2. The number of aryl methyl sites for hydroxylation is 1. The summed E-state index contributed by atoms with van der Waals surface area (Å²) in [6.07, 6.45) is -4.54. The van der Waals surface area contributed by atoms with Gasteiger partial charge in [0.2, 0.25) is 5.91 Å². The van der Waals surface area contributed by atoms with E-state index in [-0.39, 0.29) is 5.69 Å². The van der Waals surface area contributed by atoms with Crippen molar-refractivity contribution in [2.45, 2.75) is 30.3 Å². The summed E-state index contributed by atoms with van der Waals surface area (Å²) in [5, 5.41) is 3.14. The van der Waals surface area contributed by atoms with Gasteiger partial charge in [0.05, 0.1) is 22.0 Å². The number of carbonyl (C=O) groups excluding carboxylic acids is 1. The number of para-hydroxylation sites is 2. The first-order valence-electron chi connectivity index (χ1n) is 8.13. The second-order valence-electron chi connectivity index (χ2n) is 5.89. The van der Waals surface area contributed by atoms with Gasteiger partial charge in [0.15, 0.2) is 0 Å². The SMILES string of the molecule is Cc1nc(SC(C)C(=O)Nc2ccccc2C(F)(F)F)c2ccccc2n1. The van der Waals surface area contributed by atoms with E-state index in [1.807, 2.05) is 24.3 Å². The average Bonchev–Trinajstić information content (AvgIpc) is 2.61. The zero-order chi connectivity index (χ0) is 19.6. The van der Waals surface area contributed by atoms with Gasteiger partial charge in [-0.1, -0.05) is 42.1 Å². The molecule has 3 aromatic rings. The summed E-state index contributed by atoms with van der Waals surface area (Å²) >= 11 is 1.18. The first-order chi connectivity index (χ1) is 12.8. The fraction of sp³-hybridized carbons (Fsp3) is 0.211. The highest BCUT2D eigenvalue weighted by atomic mass is 32.2. The number of nitrogens with zero attached hydrogens (tertiary/aromatic N) is 2. The second-order valence-corrected chi connectivity index (χ2v) is 7.22. The molecule has 3 rings (SSSR count). The maximum absolute atomic E-state index is 13.1. The third kappa shape index (κ3) is 4.39. The molecule has 1 heterocycles. The third-order valence-corrected chi connectivity index (χ3v) is 4.93. The maximum atomic E-state index is 13.1. The van der Waals surface area contributed by atoms with Crippen LogP contribution >= 0.6 is 11.8 Å². The Bertz CT molecular complexity index is 991. The highest BCUT2D eigenvalue weighted by Gasteiger charge is 2.34. The predicted molar refractivity (Wildman–Crippen MR) is 99.7 cm³/mol. The number of fused-ring (bicyclic) bond motifs is 1. The van der Waals surface area contributed by atoms with E-state index in [9.17, 15) is 18.0 Å². The van der Waals surface area contributed by atoms with E-state index in [1.54, 1.807) is 13.8 Å². The lowest BCUT2D eigenvalue weighted by Gasteiger charge is -2.16. The highest BCUT2D eigenvalue weighted by molar-refractivity contribution is 8.00. The number of alkyl halides is 3. The molecule has 0 aliphatic heterocycles. The van der Waals surface area contributed by atoms with Crippen LogP contribution in [-0.4, -0.2) is 21.1 Å². The van der Waals surface area contributed by atoms with Crippen LogP contribution in [-0.2, 0) is 11.0 Å². The first-order valence-corrected chi connectivity index (χ1v) is 9.01. The standard InChI is InChI=1S/C19H16F3N3OS/c1-11(17(26)25-16-10-6-4-8-14(16)19(20,21)22)27-18-13-7-3-5-9-15(13)23-12(2)24-18/h3-11H,1-2H3,(H,25,26). The molecule has 0 radical (unpaired) electrons. The van der Waals surface area contributed by atoms with E-state index in [1.165, 1.54) is 30.0 Å². The number of anilines is 1. The van der Waals surface area contributed by atoms with Gasteiger partial charge in [-0.05, 0) is 32.0 Å². The Morgan fingerprint density at radius 3 is 2.48 bits per heavy atom. The molecule has 1 amide bonds. The number of thioether (sulfide) groups is 1. The Morgan fingerprint density at radius 1 is 1.07 bits per heavy atom. The molecule has 1 atom stereocenters.